The number of nitrogens with zero attached hydrogens (tertiary/aromatic N) is 2. The van der Waals surface area contributed by atoms with E-state index in [2.05, 4.69) is 4.36 Å². The molecular formula is C15H25N3O3S. The molecule has 0 saturated heterocycles. The average Bonchev–Trinajstić information content (AvgIpc) is 2.38. The number of amides is 1. The molecule has 22 heavy (non-hydrogen) atoms. The van der Waals surface area contributed by atoms with E-state index in [0.29, 0.717) is 17.1 Å². The molecular weight excluding hydrogens is 302 g/mol. The Labute approximate surface area is 133 Å². The number of anilines is 1. The largest absolute Gasteiger partial charge is 0.443 e. The molecule has 124 valence electrons. The van der Waals surface area contributed by atoms with Gasteiger partial charge in [-0.1, -0.05) is 0 Å². The first-order chi connectivity index (χ1) is 10.1. The fourth-order valence-electron chi connectivity index (χ4n) is 1.81. The van der Waals surface area contributed by atoms with Crippen LogP contribution in [0, 0.1) is 0 Å². The molecule has 1 amide bonds. The Hall–Kier alpha value is -1.76. The van der Waals surface area contributed by atoms with Crippen molar-refractivity contribution in [2.75, 3.05) is 18.8 Å². The van der Waals surface area contributed by atoms with Crippen LogP contribution < -0.4 is 5.73 Å². The number of nitrogen functional groups attached to an aromatic ring is 1. The lowest BCUT2D eigenvalue weighted by molar-refractivity contribution is 0.0401. The zero-order chi connectivity index (χ0) is 17.0. The van der Waals surface area contributed by atoms with Crippen LogP contribution in [-0.2, 0) is 14.7 Å². The van der Waals surface area contributed by atoms with Gasteiger partial charge in [0.2, 0.25) is 0 Å². The van der Waals surface area contributed by atoms with Crippen molar-refractivity contribution in [1.82, 2.24) is 4.31 Å². The highest BCUT2D eigenvalue weighted by Gasteiger charge is 2.30. The fraction of sp³-hybridized carbons (Fsp3) is 0.533. The van der Waals surface area contributed by atoms with Crippen molar-refractivity contribution in [2.45, 2.75) is 45.1 Å². The second-order valence-electron chi connectivity index (χ2n) is 5.69. The van der Waals surface area contributed by atoms with Gasteiger partial charge in [0.1, 0.15) is 5.60 Å². The van der Waals surface area contributed by atoms with Gasteiger partial charge in [0.25, 0.3) is 0 Å². The molecule has 1 aromatic carbocycles. The Balaban J connectivity index is 3.33. The summed E-state index contributed by atoms with van der Waals surface area (Å²) >= 11 is 0. The van der Waals surface area contributed by atoms with Crippen LogP contribution in [0.4, 0.5) is 10.5 Å². The summed E-state index contributed by atoms with van der Waals surface area (Å²) in [5, 5.41) is 0. The quantitative estimate of drug-likeness (QED) is 0.860. The lowest BCUT2D eigenvalue weighted by Crippen LogP contribution is -2.40. The molecule has 0 heterocycles. The predicted molar refractivity (Wildman–Crippen MR) is 88.8 cm³/mol. The van der Waals surface area contributed by atoms with Crippen molar-refractivity contribution in [2.24, 2.45) is 4.36 Å². The zero-order valence-electron chi connectivity index (χ0n) is 13.8. The van der Waals surface area contributed by atoms with E-state index in [1.165, 1.54) is 4.31 Å². The Morgan fingerprint density at radius 3 is 2.23 bits per heavy atom. The second-order valence-corrected chi connectivity index (χ2v) is 7.85. The molecule has 0 fully saturated rings. The van der Waals surface area contributed by atoms with Gasteiger partial charge in [-0.2, -0.15) is 0 Å². The summed E-state index contributed by atoms with van der Waals surface area (Å²) in [6, 6.07) is 6.54. The Kier molecular flexibility index (Phi) is 5.82. The van der Waals surface area contributed by atoms with Gasteiger partial charge in [-0.3, -0.25) is 0 Å². The molecule has 0 spiro atoms. The van der Waals surface area contributed by atoms with Crippen LogP contribution >= 0.6 is 0 Å². The molecule has 1 rings (SSSR count). The summed E-state index contributed by atoms with van der Waals surface area (Å²) in [6.45, 7) is 9.36. The molecule has 1 unspecified atom stereocenters. The average molecular weight is 327 g/mol. The number of carbonyl (C=O) groups is 1. The molecule has 6 nitrogen and oxygen atoms in total. The molecule has 0 aliphatic carbocycles. The molecule has 0 saturated carbocycles. The van der Waals surface area contributed by atoms with E-state index < -0.39 is 21.6 Å². The van der Waals surface area contributed by atoms with Gasteiger partial charge < -0.3 is 10.5 Å². The maximum absolute atomic E-state index is 13.4. The number of hydrogen-bond acceptors (Lipinski definition) is 5. The minimum atomic E-state index is -3.07. The van der Waals surface area contributed by atoms with Crippen LogP contribution in [0.5, 0.6) is 0 Å². The van der Waals surface area contributed by atoms with E-state index in [-0.39, 0.29) is 6.54 Å². The number of rotatable bonds is 4. The lowest BCUT2D eigenvalue weighted by atomic mass is 10.2. The molecule has 2 N–H and O–H groups in total. The molecule has 1 atom stereocenters. The van der Waals surface area contributed by atoms with Gasteiger partial charge in [-0.05, 0) is 58.9 Å². The molecule has 0 aliphatic rings. The number of ether oxygens (including phenoxy) is 1. The normalized spacial score (nSPS) is 14.0. The van der Waals surface area contributed by atoms with Crippen molar-refractivity contribution >= 4 is 21.7 Å². The molecule has 1 aromatic rings. The van der Waals surface area contributed by atoms with Crippen LogP contribution in [0.3, 0.4) is 0 Å². The van der Waals surface area contributed by atoms with E-state index in [4.69, 9.17) is 10.5 Å². The number of benzene rings is 1. The summed E-state index contributed by atoms with van der Waals surface area (Å²) < 4.78 is 24.1. The fourth-order valence-corrected chi connectivity index (χ4v) is 3.78. The van der Waals surface area contributed by atoms with E-state index in [1.807, 2.05) is 0 Å². The van der Waals surface area contributed by atoms with Gasteiger partial charge in [0.05, 0.1) is 4.90 Å². The Bertz CT molecular complexity index is 626. The van der Waals surface area contributed by atoms with Crippen molar-refractivity contribution in [3.63, 3.8) is 0 Å². The van der Waals surface area contributed by atoms with Crippen LogP contribution in [0.25, 0.3) is 0 Å². The molecule has 7 heteroatoms. The summed E-state index contributed by atoms with van der Waals surface area (Å²) in [4.78, 5) is 12.8. The van der Waals surface area contributed by atoms with Crippen LogP contribution in [0.15, 0.2) is 33.5 Å². The van der Waals surface area contributed by atoms with Crippen molar-refractivity contribution < 1.29 is 13.7 Å². The Morgan fingerprint density at radius 2 is 1.82 bits per heavy atom. The standard InChI is InChI=1S/C15H25N3O3S/c1-6-17-22(20,13-10-8-12(16)9-11-13)18(7-2)14(19)21-15(3,4)5/h8-11H,6-7,16H2,1-5H3. The highest BCUT2D eigenvalue weighted by molar-refractivity contribution is 7.91. The third-order valence-electron chi connectivity index (χ3n) is 2.67. The number of hydrogen-bond donors (Lipinski definition) is 1. The first-order valence-corrected chi connectivity index (χ1v) is 8.70. The number of carbonyl (C=O) groups excluding carboxylic acids is 1. The first-order valence-electron chi connectivity index (χ1n) is 7.23. The highest BCUT2D eigenvalue weighted by Crippen LogP contribution is 2.22. The summed E-state index contributed by atoms with van der Waals surface area (Å²) in [5.41, 5.74) is 5.56. The first kappa shape index (κ1) is 18.3. The topological polar surface area (TPSA) is 85.0 Å². The summed E-state index contributed by atoms with van der Waals surface area (Å²) in [7, 11) is -3.07. The molecule has 0 aliphatic heterocycles. The summed E-state index contributed by atoms with van der Waals surface area (Å²) in [5.74, 6) is 0. The van der Waals surface area contributed by atoms with Crippen molar-refractivity contribution in [3.8, 4) is 0 Å². The third-order valence-corrected chi connectivity index (χ3v) is 5.17. The SMILES string of the molecule is CCN=S(=O)(c1ccc(N)cc1)N(CC)C(=O)OC(C)(C)C. The van der Waals surface area contributed by atoms with Crippen LogP contribution in [-0.4, -0.2) is 33.3 Å². The smallest absolute Gasteiger partial charge is 0.423 e. The van der Waals surface area contributed by atoms with Gasteiger partial charge >= 0.3 is 6.09 Å². The maximum Gasteiger partial charge on any atom is 0.423 e. The number of nitrogens with two attached hydrogens (primary N) is 1. The van der Waals surface area contributed by atoms with Crippen molar-refractivity contribution in [1.29, 1.82) is 0 Å². The second kappa shape index (κ2) is 7.00. The van der Waals surface area contributed by atoms with E-state index in [1.54, 1.807) is 58.9 Å². The van der Waals surface area contributed by atoms with Gasteiger partial charge in [0, 0.05) is 18.8 Å². The van der Waals surface area contributed by atoms with Gasteiger partial charge in [-0.25, -0.2) is 17.7 Å². The van der Waals surface area contributed by atoms with E-state index in [0.717, 1.165) is 0 Å². The van der Waals surface area contributed by atoms with Gasteiger partial charge in [0.15, 0.2) is 9.92 Å². The van der Waals surface area contributed by atoms with E-state index in [9.17, 15) is 9.00 Å². The maximum atomic E-state index is 13.4. The molecule has 0 radical (unpaired) electrons. The predicted octanol–water partition coefficient (Wildman–Crippen LogP) is 3.29. The third kappa shape index (κ3) is 4.37. The monoisotopic (exact) mass is 327 g/mol. The Morgan fingerprint density at radius 1 is 1.27 bits per heavy atom. The lowest BCUT2D eigenvalue weighted by Gasteiger charge is -2.28. The molecule has 0 aromatic heterocycles. The molecule has 0 bridgehead atoms. The van der Waals surface area contributed by atoms with Gasteiger partial charge in [-0.15, -0.1) is 0 Å². The zero-order valence-corrected chi connectivity index (χ0v) is 14.6. The van der Waals surface area contributed by atoms with E-state index >= 15 is 0 Å². The highest BCUT2D eigenvalue weighted by atomic mass is 32.2. The van der Waals surface area contributed by atoms with Crippen LogP contribution in [0.2, 0.25) is 0 Å². The summed E-state index contributed by atoms with van der Waals surface area (Å²) in [6.07, 6.45) is -0.644. The van der Waals surface area contributed by atoms with Crippen LogP contribution in [0.1, 0.15) is 34.6 Å². The minimum Gasteiger partial charge on any atom is -0.443 e. The van der Waals surface area contributed by atoms with Crippen molar-refractivity contribution in [3.05, 3.63) is 24.3 Å². The minimum absolute atomic E-state index is 0.224.